The number of unbranched alkanes of at least 4 members (excludes halogenated alkanes) is 1. The molecule has 4 heteroatoms. The summed E-state index contributed by atoms with van der Waals surface area (Å²) < 4.78 is 6.78. The molecular weight excluding hydrogens is 329 g/mol. The second-order valence-electron chi connectivity index (χ2n) is 5.32. The number of nitrogens with zero attached hydrogens (tertiary/aromatic N) is 1. The van der Waals surface area contributed by atoms with Gasteiger partial charge in [0.1, 0.15) is 5.60 Å². The smallest absolute Gasteiger partial charge is 0.410 e. The zero-order valence-corrected chi connectivity index (χ0v) is 13.2. The van der Waals surface area contributed by atoms with E-state index < -0.39 is 0 Å². The van der Waals surface area contributed by atoms with Gasteiger partial charge in [0.15, 0.2) is 0 Å². The largest absolute Gasteiger partial charge is 0.443 e. The normalized spacial score (nSPS) is 17.0. The number of alkyl halides is 1. The van der Waals surface area contributed by atoms with E-state index in [1.807, 2.05) is 18.7 Å². The van der Waals surface area contributed by atoms with E-state index in [-0.39, 0.29) is 11.7 Å². The Hall–Kier alpha value is 0. The van der Waals surface area contributed by atoms with Crippen LogP contribution in [0.4, 0.5) is 4.79 Å². The molecule has 1 amide bonds. The van der Waals surface area contributed by atoms with E-state index in [2.05, 4.69) is 22.6 Å². The monoisotopic (exact) mass is 353 g/mol. The summed E-state index contributed by atoms with van der Waals surface area (Å²) in [6.45, 7) is 5.76. The zero-order chi connectivity index (χ0) is 12.7. The van der Waals surface area contributed by atoms with E-state index in [1.54, 1.807) is 0 Å². The molecule has 0 unspecified atom stereocenters. The van der Waals surface area contributed by atoms with E-state index in [0.29, 0.717) is 0 Å². The van der Waals surface area contributed by atoms with Crippen LogP contribution in [0.3, 0.4) is 0 Å². The molecule has 1 fully saturated rings. The molecule has 0 bridgehead atoms. The first-order chi connectivity index (χ1) is 8.05. The maximum Gasteiger partial charge on any atom is 0.410 e. The summed E-state index contributed by atoms with van der Waals surface area (Å²) in [4.78, 5) is 13.8. The predicted octanol–water partition coefficient (Wildman–Crippen LogP) is 3.99. The lowest BCUT2D eigenvalue weighted by Gasteiger charge is -2.31. The minimum atomic E-state index is -0.319. The summed E-state index contributed by atoms with van der Waals surface area (Å²) >= 11 is 2.38. The van der Waals surface area contributed by atoms with Gasteiger partial charge in [-0.2, -0.15) is 0 Å². The first kappa shape index (κ1) is 15.1. The number of hydrogen-bond acceptors (Lipinski definition) is 2. The molecule has 3 nitrogen and oxygen atoms in total. The van der Waals surface area contributed by atoms with Gasteiger partial charge < -0.3 is 9.64 Å². The molecule has 0 atom stereocenters. The molecule has 0 aromatic carbocycles. The van der Waals surface area contributed by atoms with Gasteiger partial charge in [0.25, 0.3) is 0 Å². The first-order valence-corrected chi connectivity index (χ1v) is 8.11. The molecular formula is C13H24INO2. The van der Waals surface area contributed by atoms with Crippen LogP contribution in [0.5, 0.6) is 0 Å². The second kappa shape index (κ2) is 7.44. The number of carbonyl (C=O) groups excluding carboxylic acids is 1. The average Bonchev–Trinajstić information content (AvgIpc) is 2.30. The van der Waals surface area contributed by atoms with Crippen molar-refractivity contribution in [3.8, 4) is 0 Å². The second-order valence-corrected chi connectivity index (χ2v) is 6.40. The summed E-state index contributed by atoms with van der Waals surface area (Å²) in [7, 11) is 0. The van der Waals surface area contributed by atoms with Crippen molar-refractivity contribution in [2.24, 2.45) is 0 Å². The van der Waals surface area contributed by atoms with Crippen LogP contribution in [0, 0.1) is 0 Å². The highest BCUT2D eigenvalue weighted by Crippen LogP contribution is 2.21. The quantitative estimate of drug-likeness (QED) is 0.425. The van der Waals surface area contributed by atoms with Crippen LogP contribution in [-0.2, 0) is 4.74 Å². The Morgan fingerprint density at radius 2 is 1.88 bits per heavy atom. The highest BCUT2D eigenvalue weighted by atomic mass is 127. The minimum absolute atomic E-state index is 0.121. The lowest BCUT2D eigenvalue weighted by molar-refractivity contribution is 0.00455. The maximum absolute atomic E-state index is 11.9. The Morgan fingerprint density at radius 3 is 2.47 bits per heavy atom. The highest BCUT2D eigenvalue weighted by molar-refractivity contribution is 14.1. The van der Waals surface area contributed by atoms with Crippen LogP contribution in [0.25, 0.3) is 0 Å². The van der Waals surface area contributed by atoms with Crippen molar-refractivity contribution in [2.75, 3.05) is 17.5 Å². The van der Waals surface area contributed by atoms with Gasteiger partial charge in [-0.3, -0.25) is 0 Å². The third kappa shape index (κ3) is 5.93. The average molecular weight is 353 g/mol. The number of carbonyl (C=O) groups is 1. The summed E-state index contributed by atoms with van der Waals surface area (Å²) in [6.07, 6.45) is 6.63. The number of hydrogen-bond donors (Lipinski definition) is 0. The van der Waals surface area contributed by atoms with E-state index in [4.69, 9.17) is 4.74 Å². The van der Waals surface area contributed by atoms with Crippen molar-refractivity contribution in [1.29, 1.82) is 0 Å². The lowest BCUT2D eigenvalue weighted by atomic mass is 10.0. The van der Waals surface area contributed by atoms with Gasteiger partial charge in [-0.25, -0.2) is 4.79 Å². The summed E-state index contributed by atoms with van der Waals surface area (Å²) in [5, 5.41) is 0. The van der Waals surface area contributed by atoms with E-state index in [1.165, 1.54) is 17.3 Å². The molecule has 17 heavy (non-hydrogen) atoms. The SMILES string of the molecule is CC(C)(CCCCI)OC(=O)N1CCCCC1. The molecule has 1 aliphatic heterocycles. The van der Waals surface area contributed by atoms with Crippen LogP contribution in [-0.4, -0.2) is 34.1 Å². The highest BCUT2D eigenvalue weighted by Gasteiger charge is 2.26. The van der Waals surface area contributed by atoms with Crippen LogP contribution in [0.15, 0.2) is 0 Å². The van der Waals surface area contributed by atoms with Gasteiger partial charge >= 0.3 is 6.09 Å². The fourth-order valence-corrected chi connectivity index (χ4v) is 2.61. The van der Waals surface area contributed by atoms with Crippen LogP contribution >= 0.6 is 22.6 Å². The Kier molecular flexibility index (Phi) is 6.59. The zero-order valence-electron chi connectivity index (χ0n) is 11.0. The molecule has 0 aromatic rings. The van der Waals surface area contributed by atoms with Crippen LogP contribution in [0.2, 0.25) is 0 Å². The Morgan fingerprint density at radius 1 is 1.24 bits per heavy atom. The van der Waals surface area contributed by atoms with Crippen LogP contribution in [0.1, 0.15) is 52.4 Å². The van der Waals surface area contributed by atoms with Gasteiger partial charge in [-0.05, 0) is 56.8 Å². The van der Waals surface area contributed by atoms with Gasteiger partial charge in [0.2, 0.25) is 0 Å². The molecule has 0 aliphatic carbocycles. The van der Waals surface area contributed by atoms with E-state index >= 15 is 0 Å². The molecule has 0 radical (unpaired) electrons. The van der Waals surface area contributed by atoms with Gasteiger partial charge in [-0.15, -0.1) is 0 Å². The van der Waals surface area contributed by atoms with E-state index in [9.17, 15) is 4.79 Å². The van der Waals surface area contributed by atoms with Gasteiger partial charge in [0.05, 0.1) is 0 Å². The molecule has 1 aliphatic rings. The fourth-order valence-electron chi connectivity index (χ4n) is 2.07. The van der Waals surface area contributed by atoms with Crippen molar-refractivity contribution in [3.05, 3.63) is 0 Å². The molecule has 100 valence electrons. The molecule has 1 rings (SSSR count). The standard InChI is InChI=1S/C13H24INO2/c1-13(2,8-4-5-9-14)17-12(16)15-10-6-3-7-11-15/h3-11H2,1-2H3. The molecule has 0 saturated carbocycles. The number of amides is 1. The Balaban J connectivity index is 2.32. The number of halogens is 1. The number of ether oxygens (including phenoxy) is 1. The van der Waals surface area contributed by atoms with Crippen molar-refractivity contribution < 1.29 is 9.53 Å². The van der Waals surface area contributed by atoms with Gasteiger partial charge in [0, 0.05) is 13.1 Å². The Labute approximate surface area is 118 Å². The summed E-state index contributed by atoms with van der Waals surface area (Å²) in [5.74, 6) is 0. The van der Waals surface area contributed by atoms with Crippen LogP contribution < -0.4 is 0 Å². The predicted molar refractivity (Wildman–Crippen MR) is 78.7 cm³/mol. The number of piperidine rings is 1. The van der Waals surface area contributed by atoms with Crippen molar-refractivity contribution in [2.45, 2.75) is 58.0 Å². The molecule has 1 heterocycles. The third-order valence-corrected chi connectivity index (χ3v) is 3.90. The molecule has 0 aromatic heterocycles. The first-order valence-electron chi connectivity index (χ1n) is 6.59. The topological polar surface area (TPSA) is 29.5 Å². The minimum Gasteiger partial charge on any atom is -0.443 e. The Bertz CT molecular complexity index is 238. The summed E-state index contributed by atoms with van der Waals surface area (Å²) in [6, 6.07) is 0. The maximum atomic E-state index is 11.9. The molecule has 1 saturated heterocycles. The van der Waals surface area contributed by atoms with Crippen molar-refractivity contribution >= 4 is 28.7 Å². The molecule has 0 spiro atoms. The number of rotatable bonds is 5. The van der Waals surface area contributed by atoms with Crippen molar-refractivity contribution in [1.82, 2.24) is 4.90 Å². The molecule has 0 N–H and O–H groups in total. The van der Waals surface area contributed by atoms with E-state index in [0.717, 1.165) is 38.8 Å². The lowest BCUT2D eigenvalue weighted by Crippen LogP contribution is -2.40. The van der Waals surface area contributed by atoms with Crippen molar-refractivity contribution in [3.63, 3.8) is 0 Å². The third-order valence-electron chi connectivity index (χ3n) is 3.14. The van der Waals surface area contributed by atoms with Gasteiger partial charge in [-0.1, -0.05) is 22.6 Å². The fraction of sp³-hybridized carbons (Fsp3) is 0.923. The summed E-state index contributed by atoms with van der Waals surface area (Å²) in [5.41, 5.74) is -0.319. The number of likely N-dealkylation sites (tertiary alicyclic amines) is 1.